The molecule has 0 heterocycles. The second kappa shape index (κ2) is 7.01. The Labute approximate surface area is 117 Å². The lowest BCUT2D eigenvalue weighted by molar-refractivity contribution is -0.129. The number of carbonyl (C=O) groups is 1. The van der Waals surface area contributed by atoms with Crippen molar-refractivity contribution in [3.05, 3.63) is 30.1 Å². The van der Waals surface area contributed by atoms with Gasteiger partial charge in [0.15, 0.2) is 9.84 Å². The van der Waals surface area contributed by atoms with Crippen LogP contribution in [0.4, 0.5) is 4.39 Å². The van der Waals surface area contributed by atoms with Gasteiger partial charge in [0.25, 0.3) is 0 Å². The Balaban J connectivity index is 2.68. The van der Waals surface area contributed by atoms with E-state index in [0.29, 0.717) is 0 Å². The summed E-state index contributed by atoms with van der Waals surface area (Å²) in [5.74, 6) is -1.66. The Morgan fingerprint density at radius 2 is 2.05 bits per heavy atom. The molecule has 1 rings (SSSR count). The lowest BCUT2D eigenvalue weighted by Crippen LogP contribution is -2.29. The summed E-state index contributed by atoms with van der Waals surface area (Å²) in [5, 5.41) is 8.41. The van der Waals surface area contributed by atoms with E-state index in [9.17, 15) is 17.6 Å². The molecule has 1 amide bonds. The minimum atomic E-state index is -3.83. The Kier molecular flexibility index (Phi) is 5.65. The Morgan fingerprint density at radius 1 is 1.40 bits per heavy atom. The number of benzene rings is 1. The number of carbonyl (C=O) groups excluding carboxylic acids is 1. The van der Waals surface area contributed by atoms with Crippen molar-refractivity contribution in [3.63, 3.8) is 0 Å². The van der Waals surface area contributed by atoms with Crippen LogP contribution in [0.1, 0.15) is 12.8 Å². The van der Waals surface area contributed by atoms with E-state index in [4.69, 9.17) is 5.26 Å². The van der Waals surface area contributed by atoms with Crippen molar-refractivity contribution < 1.29 is 17.6 Å². The molecule has 0 aliphatic rings. The minimum absolute atomic E-state index is 0.183. The summed E-state index contributed by atoms with van der Waals surface area (Å²) in [4.78, 5) is 12.6. The van der Waals surface area contributed by atoms with Gasteiger partial charge in [-0.1, -0.05) is 12.1 Å². The molecule has 0 aromatic heterocycles. The molecule has 0 spiro atoms. The Bertz CT molecular complexity index is 623. The number of rotatable bonds is 6. The quantitative estimate of drug-likeness (QED) is 0.794. The molecule has 7 heteroatoms. The standard InChI is InChI=1S/C13H15FN2O3S/c1-16(9-4-8-15)13(17)7-10-20(18,19)12-6-3-2-5-11(12)14/h2-3,5-6H,4,7,9-10H2,1H3. The molecular formula is C13H15FN2O3S. The summed E-state index contributed by atoms with van der Waals surface area (Å²) in [7, 11) is -2.33. The van der Waals surface area contributed by atoms with Gasteiger partial charge in [-0.15, -0.1) is 0 Å². The first-order valence-corrected chi connectivity index (χ1v) is 7.62. The van der Waals surface area contributed by atoms with E-state index in [-0.39, 0.29) is 25.3 Å². The third-order valence-electron chi connectivity index (χ3n) is 2.74. The molecule has 0 bridgehead atoms. The van der Waals surface area contributed by atoms with E-state index in [0.717, 1.165) is 6.07 Å². The van der Waals surface area contributed by atoms with Gasteiger partial charge in [0.05, 0.1) is 18.2 Å². The fraction of sp³-hybridized carbons (Fsp3) is 0.385. The topological polar surface area (TPSA) is 78.2 Å². The van der Waals surface area contributed by atoms with Crippen LogP contribution in [-0.4, -0.2) is 38.6 Å². The summed E-state index contributed by atoms with van der Waals surface area (Å²) >= 11 is 0. The van der Waals surface area contributed by atoms with E-state index < -0.39 is 26.3 Å². The maximum atomic E-state index is 13.4. The van der Waals surface area contributed by atoms with Crippen LogP contribution >= 0.6 is 0 Å². The number of hydrogen-bond donors (Lipinski definition) is 0. The van der Waals surface area contributed by atoms with Crippen molar-refractivity contribution in [3.8, 4) is 6.07 Å². The molecule has 1 aromatic rings. The first-order valence-electron chi connectivity index (χ1n) is 5.96. The Hall–Kier alpha value is -1.94. The van der Waals surface area contributed by atoms with Crippen molar-refractivity contribution in [2.45, 2.75) is 17.7 Å². The Morgan fingerprint density at radius 3 is 2.65 bits per heavy atom. The van der Waals surface area contributed by atoms with Gasteiger partial charge in [-0.25, -0.2) is 12.8 Å². The van der Waals surface area contributed by atoms with E-state index in [1.165, 1.54) is 30.1 Å². The lowest BCUT2D eigenvalue weighted by atomic mass is 10.3. The molecule has 0 saturated carbocycles. The fourth-order valence-corrected chi connectivity index (χ4v) is 2.88. The van der Waals surface area contributed by atoms with Gasteiger partial charge < -0.3 is 4.90 Å². The highest BCUT2D eigenvalue weighted by molar-refractivity contribution is 7.91. The van der Waals surface area contributed by atoms with Crippen molar-refractivity contribution in [1.29, 1.82) is 5.26 Å². The monoisotopic (exact) mass is 298 g/mol. The highest BCUT2D eigenvalue weighted by atomic mass is 32.2. The predicted molar refractivity (Wildman–Crippen MR) is 70.9 cm³/mol. The second-order valence-corrected chi connectivity index (χ2v) is 6.30. The zero-order chi connectivity index (χ0) is 15.2. The molecule has 20 heavy (non-hydrogen) atoms. The molecule has 0 aliphatic carbocycles. The van der Waals surface area contributed by atoms with Crippen LogP contribution in [0.2, 0.25) is 0 Å². The molecular weight excluding hydrogens is 283 g/mol. The van der Waals surface area contributed by atoms with Crippen LogP contribution in [0, 0.1) is 17.1 Å². The van der Waals surface area contributed by atoms with Gasteiger partial charge in [-0.05, 0) is 12.1 Å². The minimum Gasteiger partial charge on any atom is -0.345 e. The maximum Gasteiger partial charge on any atom is 0.223 e. The molecule has 0 fully saturated rings. The normalized spacial score (nSPS) is 10.8. The molecule has 108 valence electrons. The van der Waals surface area contributed by atoms with Crippen LogP contribution in [0.5, 0.6) is 0 Å². The first kappa shape index (κ1) is 16.1. The molecule has 0 aliphatic heterocycles. The summed E-state index contributed by atoms with van der Waals surface area (Å²) in [6.45, 7) is 0.245. The van der Waals surface area contributed by atoms with Gasteiger partial charge in [-0.3, -0.25) is 4.79 Å². The van der Waals surface area contributed by atoms with Crippen LogP contribution in [0.25, 0.3) is 0 Å². The molecule has 0 radical (unpaired) electrons. The zero-order valence-electron chi connectivity index (χ0n) is 11.0. The summed E-state index contributed by atoms with van der Waals surface area (Å²) in [6.07, 6.45) is -0.0547. The van der Waals surface area contributed by atoms with Crippen molar-refractivity contribution >= 4 is 15.7 Å². The van der Waals surface area contributed by atoms with E-state index in [1.54, 1.807) is 0 Å². The number of halogens is 1. The fourth-order valence-electron chi connectivity index (χ4n) is 1.56. The smallest absolute Gasteiger partial charge is 0.223 e. The molecule has 1 aromatic carbocycles. The van der Waals surface area contributed by atoms with Gasteiger partial charge in [0.2, 0.25) is 5.91 Å². The van der Waals surface area contributed by atoms with E-state index in [1.807, 2.05) is 6.07 Å². The maximum absolute atomic E-state index is 13.4. The average molecular weight is 298 g/mol. The van der Waals surface area contributed by atoms with Crippen LogP contribution in [0.3, 0.4) is 0 Å². The predicted octanol–water partition coefficient (Wildman–Crippen LogP) is 1.36. The molecule has 0 unspecified atom stereocenters. The van der Waals surface area contributed by atoms with Gasteiger partial charge in [-0.2, -0.15) is 5.26 Å². The number of nitriles is 1. The van der Waals surface area contributed by atoms with Gasteiger partial charge in [0, 0.05) is 20.0 Å². The van der Waals surface area contributed by atoms with Crippen molar-refractivity contribution in [2.24, 2.45) is 0 Å². The third kappa shape index (κ3) is 4.31. The summed E-state index contributed by atoms with van der Waals surface area (Å²) < 4.78 is 37.3. The highest BCUT2D eigenvalue weighted by Crippen LogP contribution is 2.16. The van der Waals surface area contributed by atoms with Crippen molar-refractivity contribution in [2.75, 3.05) is 19.3 Å². The average Bonchev–Trinajstić information content (AvgIpc) is 2.42. The summed E-state index contributed by atoms with van der Waals surface area (Å²) in [6, 6.07) is 6.96. The SMILES string of the molecule is CN(CCC#N)C(=O)CCS(=O)(=O)c1ccccc1F. The summed E-state index contributed by atoms with van der Waals surface area (Å²) in [5.41, 5.74) is 0. The zero-order valence-corrected chi connectivity index (χ0v) is 11.9. The van der Waals surface area contributed by atoms with E-state index in [2.05, 4.69) is 0 Å². The number of amides is 1. The van der Waals surface area contributed by atoms with Crippen LogP contribution < -0.4 is 0 Å². The third-order valence-corrected chi connectivity index (χ3v) is 4.48. The lowest BCUT2D eigenvalue weighted by Gasteiger charge is -2.15. The molecule has 5 nitrogen and oxygen atoms in total. The van der Waals surface area contributed by atoms with Crippen molar-refractivity contribution in [1.82, 2.24) is 4.90 Å². The highest BCUT2D eigenvalue weighted by Gasteiger charge is 2.21. The molecule has 0 N–H and O–H groups in total. The molecule has 0 saturated heterocycles. The number of sulfone groups is 1. The molecule has 0 atom stereocenters. The van der Waals surface area contributed by atoms with Gasteiger partial charge in [0.1, 0.15) is 10.7 Å². The number of nitrogens with zero attached hydrogens (tertiary/aromatic N) is 2. The first-order chi connectivity index (χ1) is 9.38. The van der Waals surface area contributed by atoms with Crippen LogP contribution in [0.15, 0.2) is 29.2 Å². The van der Waals surface area contributed by atoms with Crippen LogP contribution in [-0.2, 0) is 14.6 Å². The number of hydrogen-bond acceptors (Lipinski definition) is 4. The van der Waals surface area contributed by atoms with E-state index >= 15 is 0 Å². The van der Waals surface area contributed by atoms with Gasteiger partial charge >= 0.3 is 0 Å². The largest absolute Gasteiger partial charge is 0.345 e. The second-order valence-electron chi connectivity index (χ2n) is 4.22.